The zero-order valence-electron chi connectivity index (χ0n) is 7.90. The Labute approximate surface area is 101 Å². The van der Waals surface area contributed by atoms with E-state index < -0.39 is 0 Å². The standard InChI is InChI=1S/C12H8BrNS/c13-7-9-1-3-10(4-2-9)11-5-6-15-12(11)8-14/h1-6H,7H2. The summed E-state index contributed by atoms with van der Waals surface area (Å²) in [5.74, 6) is 0. The van der Waals surface area contributed by atoms with E-state index in [1.54, 1.807) is 0 Å². The Morgan fingerprint density at radius 3 is 2.53 bits per heavy atom. The van der Waals surface area contributed by atoms with Gasteiger partial charge in [-0.15, -0.1) is 11.3 Å². The van der Waals surface area contributed by atoms with Gasteiger partial charge in [-0.2, -0.15) is 5.26 Å². The van der Waals surface area contributed by atoms with Crippen LogP contribution in [0.5, 0.6) is 0 Å². The van der Waals surface area contributed by atoms with Crippen LogP contribution < -0.4 is 0 Å². The van der Waals surface area contributed by atoms with Crippen LogP contribution in [0.25, 0.3) is 11.1 Å². The van der Waals surface area contributed by atoms with Crippen LogP contribution in [0.15, 0.2) is 35.7 Å². The summed E-state index contributed by atoms with van der Waals surface area (Å²) in [6.07, 6.45) is 0. The highest BCUT2D eigenvalue weighted by Gasteiger charge is 2.05. The van der Waals surface area contributed by atoms with E-state index in [9.17, 15) is 0 Å². The van der Waals surface area contributed by atoms with Crippen molar-refractivity contribution in [3.63, 3.8) is 0 Å². The van der Waals surface area contributed by atoms with Gasteiger partial charge in [0, 0.05) is 10.9 Å². The minimum Gasteiger partial charge on any atom is -0.192 e. The van der Waals surface area contributed by atoms with E-state index >= 15 is 0 Å². The van der Waals surface area contributed by atoms with Crippen molar-refractivity contribution in [2.75, 3.05) is 0 Å². The third kappa shape index (κ3) is 2.11. The van der Waals surface area contributed by atoms with Crippen LogP contribution in [0.2, 0.25) is 0 Å². The summed E-state index contributed by atoms with van der Waals surface area (Å²) in [5, 5.41) is 11.7. The van der Waals surface area contributed by atoms with Gasteiger partial charge >= 0.3 is 0 Å². The van der Waals surface area contributed by atoms with E-state index in [2.05, 4.69) is 46.3 Å². The number of hydrogen-bond donors (Lipinski definition) is 0. The van der Waals surface area contributed by atoms with Crippen LogP contribution in [0.1, 0.15) is 10.4 Å². The maximum Gasteiger partial charge on any atom is 0.112 e. The molecule has 0 saturated heterocycles. The van der Waals surface area contributed by atoms with E-state index in [4.69, 9.17) is 5.26 Å². The number of nitriles is 1. The first-order chi connectivity index (χ1) is 7.35. The second-order valence-electron chi connectivity index (χ2n) is 3.11. The normalized spacial score (nSPS) is 9.87. The van der Waals surface area contributed by atoms with Crippen molar-refractivity contribution in [2.24, 2.45) is 0 Å². The second-order valence-corrected chi connectivity index (χ2v) is 4.58. The SMILES string of the molecule is N#Cc1sccc1-c1ccc(CBr)cc1. The van der Waals surface area contributed by atoms with Gasteiger partial charge in [0.1, 0.15) is 10.9 Å². The summed E-state index contributed by atoms with van der Waals surface area (Å²) >= 11 is 4.89. The van der Waals surface area contributed by atoms with E-state index in [1.165, 1.54) is 16.9 Å². The average molecular weight is 278 g/mol. The van der Waals surface area contributed by atoms with Crippen LogP contribution >= 0.6 is 27.3 Å². The fraction of sp³-hybridized carbons (Fsp3) is 0.0833. The Bertz CT molecular complexity index is 493. The lowest BCUT2D eigenvalue weighted by Gasteiger charge is -2.00. The first-order valence-electron chi connectivity index (χ1n) is 4.48. The minimum absolute atomic E-state index is 0.779. The smallest absolute Gasteiger partial charge is 0.112 e. The Morgan fingerprint density at radius 2 is 1.93 bits per heavy atom. The number of benzene rings is 1. The maximum atomic E-state index is 8.92. The topological polar surface area (TPSA) is 23.8 Å². The van der Waals surface area contributed by atoms with Gasteiger partial charge in [0.15, 0.2) is 0 Å². The molecule has 0 aliphatic heterocycles. The molecular weight excluding hydrogens is 270 g/mol. The number of hydrogen-bond acceptors (Lipinski definition) is 2. The van der Waals surface area contributed by atoms with Gasteiger partial charge in [0.05, 0.1) is 0 Å². The average Bonchev–Trinajstić information content (AvgIpc) is 2.77. The highest BCUT2D eigenvalue weighted by atomic mass is 79.9. The monoisotopic (exact) mass is 277 g/mol. The summed E-state index contributed by atoms with van der Waals surface area (Å²) in [6, 6.07) is 12.5. The van der Waals surface area contributed by atoms with Crippen LogP contribution in [-0.2, 0) is 5.33 Å². The Balaban J connectivity index is 2.42. The molecule has 0 aliphatic carbocycles. The zero-order valence-corrected chi connectivity index (χ0v) is 10.3. The molecular formula is C12H8BrNS. The Morgan fingerprint density at radius 1 is 1.20 bits per heavy atom. The van der Waals surface area contributed by atoms with Gasteiger partial charge in [0.25, 0.3) is 0 Å². The van der Waals surface area contributed by atoms with Gasteiger partial charge in [-0.25, -0.2) is 0 Å². The predicted molar refractivity (Wildman–Crippen MR) is 67.1 cm³/mol. The fourth-order valence-corrected chi connectivity index (χ4v) is 2.48. The number of alkyl halides is 1. The molecule has 1 nitrogen and oxygen atoms in total. The number of thiophene rings is 1. The Hall–Kier alpha value is -1.11. The van der Waals surface area contributed by atoms with Crippen LogP contribution in [0.4, 0.5) is 0 Å². The molecule has 3 heteroatoms. The van der Waals surface area contributed by atoms with Gasteiger partial charge < -0.3 is 0 Å². The van der Waals surface area contributed by atoms with E-state index in [1.807, 2.05) is 11.4 Å². The highest BCUT2D eigenvalue weighted by Crippen LogP contribution is 2.27. The molecule has 1 heterocycles. The summed E-state index contributed by atoms with van der Waals surface area (Å²) < 4.78 is 0. The summed E-state index contributed by atoms with van der Waals surface area (Å²) in [7, 11) is 0. The van der Waals surface area contributed by atoms with Crippen molar-refractivity contribution < 1.29 is 0 Å². The lowest BCUT2D eigenvalue weighted by Crippen LogP contribution is -1.80. The molecule has 0 aliphatic rings. The molecule has 0 unspecified atom stereocenters. The van der Waals surface area contributed by atoms with Crippen LogP contribution in [0, 0.1) is 11.3 Å². The lowest BCUT2D eigenvalue weighted by molar-refractivity contribution is 1.44. The number of rotatable bonds is 2. The molecule has 0 spiro atoms. The van der Waals surface area contributed by atoms with Crippen molar-refractivity contribution in [3.05, 3.63) is 46.2 Å². The van der Waals surface area contributed by atoms with Crippen molar-refractivity contribution in [1.82, 2.24) is 0 Å². The van der Waals surface area contributed by atoms with E-state index in [-0.39, 0.29) is 0 Å². The molecule has 0 fully saturated rings. The van der Waals surface area contributed by atoms with Crippen LogP contribution in [-0.4, -0.2) is 0 Å². The van der Waals surface area contributed by atoms with Crippen molar-refractivity contribution in [2.45, 2.75) is 5.33 Å². The molecule has 0 bridgehead atoms. The molecule has 15 heavy (non-hydrogen) atoms. The van der Waals surface area contributed by atoms with Crippen molar-refractivity contribution in [3.8, 4) is 17.2 Å². The Kier molecular flexibility index (Phi) is 3.20. The van der Waals surface area contributed by atoms with Crippen molar-refractivity contribution >= 4 is 27.3 Å². The molecule has 1 aromatic heterocycles. The van der Waals surface area contributed by atoms with E-state index in [0.29, 0.717) is 0 Å². The summed E-state index contributed by atoms with van der Waals surface area (Å²) in [5.41, 5.74) is 3.38. The molecule has 0 radical (unpaired) electrons. The highest BCUT2D eigenvalue weighted by molar-refractivity contribution is 9.08. The van der Waals surface area contributed by atoms with Crippen LogP contribution in [0.3, 0.4) is 0 Å². The fourth-order valence-electron chi connectivity index (χ4n) is 1.40. The lowest BCUT2D eigenvalue weighted by atomic mass is 10.1. The van der Waals surface area contributed by atoms with E-state index in [0.717, 1.165) is 21.3 Å². The molecule has 1 aromatic carbocycles. The number of halogens is 1. The third-order valence-corrected chi connectivity index (χ3v) is 3.65. The quantitative estimate of drug-likeness (QED) is 0.756. The zero-order chi connectivity index (χ0) is 10.7. The van der Waals surface area contributed by atoms with Gasteiger partial charge in [-0.3, -0.25) is 0 Å². The second kappa shape index (κ2) is 4.61. The summed E-state index contributed by atoms with van der Waals surface area (Å²) in [6.45, 7) is 0. The first-order valence-corrected chi connectivity index (χ1v) is 6.48. The summed E-state index contributed by atoms with van der Waals surface area (Å²) in [4.78, 5) is 0.779. The predicted octanol–water partition coefficient (Wildman–Crippen LogP) is 4.18. The molecule has 2 aromatic rings. The molecule has 0 amide bonds. The van der Waals surface area contributed by atoms with Crippen molar-refractivity contribution in [1.29, 1.82) is 5.26 Å². The molecule has 0 saturated carbocycles. The molecule has 2 rings (SSSR count). The van der Waals surface area contributed by atoms with Gasteiger partial charge in [0.2, 0.25) is 0 Å². The number of nitrogens with zero attached hydrogens (tertiary/aromatic N) is 1. The maximum absolute atomic E-state index is 8.92. The van der Waals surface area contributed by atoms with Gasteiger partial charge in [-0.1, -0.05) is 40.2 Å². The molecule has 0 atom stereocenters. The molecule has 74 valence electrons. The minimum atomic E-state index is 0.779. The molecule has 0 N–H and O–H groups in total. The van der Waals surface area contributed by atoms with Gasteiger partial charge in [-0.05, 0) is 22.6 Å². The largest absolute Gasteiger partial charge is 0.192 e. The third-order valence-electron chi connectivity index (χ3n) is 2.19. The first kappa shape index (κ1) is 10.4.